The Balaban J connectivity index is 0.000000500. The minimum Gasteiger partial charge on any atom is -0.397 e. The topological polar surface area (TPSA) is 134 Å². The van der Waals surface area contributed by atoms with Crippen molar-refractivity contribution in [1.29, 1.82) is 0 Å². The zero-order chi connectivity index (χ0) is 11.1. The number of hydrogen-bond donors (Lipinski definition) is 5. The third-order valence-corrected chi connectivity index (χ3v) is 1.06. The van der Waals surface area contributed by atoms with Crippen molar-refractivity contribution in [3.63, 3.8) is 0 Å². The average Bonchev–Trinajstić information content (AvgIpc) is 2.30. The van der Waals surface area contributed by atoms with Crippen LogP contribution in [0.4, 0.5) is 9.59 Å². The van der Waals surface area contributed by atoms with Crippen molar-refractivity contribution in [1.82, 2.24) is 16.0 Å². The Bertz CT molecular complexity index is 242. The van der Waals surface area contributed by atoms with Gasteiger partial charge in [0.1, 0.15) is 0 Å². The van der Waals surface area contributed by atoms with Crippen molar-refractivity contribution in [3.8, 4) is 0 Å². The van der Waals surface area contributed by atoms with Crippen LogP contribution in [0, 0.1) is 0 Å². The Labute approximate surface area is 79.8 Å². The van der Waals surface area contributed by atoms with Crippen LogP contribution in [-0.4, -0.2) is 35.8 Å². The summed E-state index contributed by atoms with van der Waals surface area (Å²) in [5.41, 5.74) is 4.70. The van der Waals surface area contributed by atoms with Crippen LogP contribution in [0.25, 0.3) is 0 Å². The van der Waals surface area contributed by atoms with Crippen LogP contribution in [0.1, 0.15) is 6.92 Å². The zero-order valence-electron chi connectivity index (χ0n) is 7.53. The largest absolute Gasteiger partial charge is 0.397 e. The number of aliphatic hydroxyl groups excluding tert-OH is 1. The highest BCUT2D eigenvalue weighted by atomic mass is 16.2. The van der Waals surface area contributed by atoms with E-state index in [0.717, 1.165) is 0 Å². The Morgan fingerprint density at radius 1 is 1.64 bits per heavy atom. The van der Waals surface area contributed by atoms with Gasteiger partial charge in [-0.15, -0.1) is 0 Å². The summed E-state index contributed by atoms with van der Waals surface area (Å²) in [4.78, 5) is 31.3. The van der Waals surface area contributed by atoms with E-state index in [1.165, 1.54) is 0 Å². The molecule has 0 bridgehead atoms. The van der Waals surface area contributed by atoms with Crippen LogP contribution in [-0.2, 0) is 4.79 Å². The molecule has 1 heterocycles. The van der Waals surface area contributed by atoms with Crippen molar-refractivity contribution < 1.29 is 19.5 Å². The minimum atomic E-state index is -1.04. The molecule has 0 saturated carbocycles. The first-order chi connectivity index (χ1) is 6.51. The lowest BCUT2D eigenvalue weighted by atomic mass is 10.5. The summed E-state index contributed by atoms with van der Waals surface area (Å²) >= 11 is 0. The van der Waals surface area contributed by atoms with Gasteiger partial charge in [-0.05, 0) is 6.92 Å². The molecule has 0 aromatic heterocycles. The van der Waals surface area contributed by atoms with Crippen LogP contribution in [0.15, 0.2) is 0 Å². The number of aliphatic hydroxyl groups is 1. The van der Waals surface area contributed by atoms with Gasteiger partial charge >= 0.3 is 12.1 Å². The van der Waals surface area contributed by atoms with Gasteiger partial charge in [0.2, 0.25) is 0 Å². The molecule has 1 saturated heterocycles. The minimum absolute atomic E-state index is 0.250. The number of hydrogen-bond acceptors (Lipinski definition) is 4. The third-order valence-electron chi connectivity index (χ3n) is 1.06. The van der Waals surface area contributed by atoms with Crippen molar-refractivity contribution in [3.05, 3.63) is 0 Å². The number of carbonyl (C=O) groups excluding carboxylic acids is 3. The van der Waals surface area contributed by atoms with Gasteiger partial charge in [0.05, 0.1) is 0 Å². The van der Waals surface area contributed by atoms with E-state index < -0.39 is 24.1 Å². The molecule has 8 nitrogen and oxygen atoms in total. The number of primary amides is 1. The van der Waals surface area contributed by atoms with Gasteiger partial charge < -0.3 is 21.5 Å². The molecule has 0 aromatic rings. The first-order valence-electron chi connectivity index (χ1n) is 3.79. The number of nitrogens with two attached hydrogens (primary N) is 1. The number of imide groups is 1. The summed E-state index contributed by atoms with van der Waals surface area (Å²) in [6.45, 7) is 1.93. The highest BCUT2D eigenvalue weighted by Crippen LogP contribution is 1.86. The van der Waals surface area contributed by atoms with Gasteiger partial charge in [-0.25, -0.2) is 9.59 Å². The van der Waals surface area contributed by atoms with E-state index in [4.69, 9.17) is 10.8 Å². The SMILES string of the molecule is CCO.NC(=O)NC1NC(=O)NC1=O. The monoisotopic (exact) mass is 204 g/mol. The lowest BCUT2D eigenvalue weighted by Gasteiger charge is -2.05. The second kappa shape index (κ2) is 5.75. The standard InChI is InChI=1S/C4H6N4O3.C2H6O/c5-3(10)6-1-2(9)8-4(11)7-1;1-2-3/h1H,(H3,5,6,10)(H2,7,8,9,11);3H,2H2,1H3. The summed E-state index contributed by atoms with van der Waals surface area (Å²) in [5.74, 6) is -0.617. The first-order valence-corrected chi connectivity index (χ1v) is 3.79. The van der Waals surface area contributed by atoms with Crippen molar-refractivity contribution >= 4 is 18.0 Å². The molecule has 6 N–H and O–H groups in total. The molecular weight excluding hydrogens is 192 g/mol. The van der Waals surface area contributed by atoms with E-state index in [9.17, 15) is 14.4 Å². The van der Waals surface area contributed by atoms with E-state index >= 15 is 0 Å². The Morgan fingerprint density at radius 2 is 2.14 bits per heavy atom. The van der Waals surface area contributed by atoms with Crippen LogP contribution < -0.4 is 21.7 Å². The van der Waals surface area contributed by atoms with Crippen LogP contribution >= 0.6 is 0 Å². The maximum atomic E-state index is 10.7. The lowest BCUT2D eigenvalue weighted by Crippen LogP contribution is -2.48. The molecule has 80 valence electrons. The number of rotatable bonds is 1. The fourth-order valence-electron chi connectivity index (χ4n) is 0.661. The average molecular weight is 204 g/mol. The van der Waals surface area contributed by atoms with Crippen molar-refractivity contribution in [2.24, 2.45) is 5.73 Å². The molecule has 14 heavy (non-hydrogen) atoms. The summed E-state index contributed by atoms with van der Waals surface area (Å²) in [5, 5.41) is 13.6. The van der Waals surface area contributed by atoms with E-state index in [1.54, 1.807) is 6.92 Å². The molecule has 1 unspecified atom stereocenters. The molecule has 1 rings (SSSR count). The molecule has 1 atom stereocenters. The van der Waals surface area contributed by atoms with E-state index in [1.807, 2.05) is 10.6 Å². The summed E-state index contributed by atoms with van der Waals surface area (Å²) < 4.78 is 0. The molecule has 0 aliphatic carbocycles. The van der Waals surface area contributed by atoms with Crippen molar-refractivity contribution in [2.75, 3.05) is 6.61 Å². The number of urea groups is 2. The van der Waals surface area contributed by atoms with Gasteiger partial charge in [-0.1, -0.05) is 0 Å². The fourth-order valence-corrected chi connectivity index (χ4v) is 0.661. The first kappa shape index (κ1) is 12.2. The molecular formula is C6H12N4O4. The second-order valence-electron chi connectivity index (χ2n) is 2.22. The predicted octanol–water partition coefficient (Wildman–Crippen LogP) is -2.18. The van der Waals surface area contributed by atoms with Gasteiger partial charge in [0.15, 0.2) is 6.17 Å². The quantitative estimate of drug-likeness (QED) is 0.310. The maximum absolute atomic E-state index is 10.7. The number of amides is 5. The Hall–Kier alpha value is -1.83. The van der Waals surface area contributed by atoms with E-state index in [0.29, 0.717) is 0 Å². The molecule has 8 heteroatoms. The highest BCUT2D eigenvalue weighted by Gasteiger charge is 2.29. The van der Waals surface area contributed by atoms with Gasteiger partial charge in [0, 0.05) is 6.61 Å². The second-order valence-corrected chi connectivity index (χ2v) is 2.22. The maximum Gasteiger partial charge on any atom is 0.323 e. The predicted molar refractivity (Wildman–Crippen MR) is 45.9 cm³/mol. The molecule has 1 aliphatic heterocycles. The van der Waals surface area contributed by atoms with Crippen LogP contribution in [0.3, 0.4) is 0 Å². The van der Waals surface area contributed by atoms with Crippen LogP contribution in [0.2, 0.25) is 0 Å². The van der Waals surface area contributed by atoms with E-state index in [-0.39, 0.29) is 6.61 Å². The normalized spacial score (nSPS) is 18.9. The zero-order valence-corrected chi connectivity index (χ0v) is 7.53. The summed E-state index contributed by atoms with van der Waals surface area (Å²) in [6.07, 6.45) is -1.04. The van der Waals surface area contributed by atoms with Crippen LogP contribution in [0.5, 0.6) is 0 Å². The summed E-state index contributed by atoms with van der Waals surface area (Å²) in [6, 6.07) is -1.51. The van der Waals surface area contributed by atoms with E-state index in [2.05, 4.69) is 5.32 Å². The molecule has 0 aromatic carbocycles. The smallest absolute Gasteiger partial charge is 0.323 e. The van der Waals surface area contributed by atoms with Gasteiger partial charge in [0.25, 0.3) is 5.91 Å². The highest BCUT2D eigenvalue weighted by molar-refractivity contribution is 6.05. The molecule has 0 radical (unpaired) electrons. The van der Waals surface area contributed by atoms with Crippen molar-refractivity contribution in [2.45, 2.75) is 13.1 Å². The number of nitrogens with one attached hydrogen (secondary N) is 3. The third kappa shape index (κ3) is 4.26. The molecule has 1 aliphatic rings. The van der Waals surface area contributed by atoms with Gasteiger partial charge in [-0.2, -0.15) is 0 Å². The Kier molecular flexibility index (Phi) is 5.00. The number of carbonyl (C=O) groups is 3. The molecule has 5 amide bonds. The molecule has 1 fully saturated rings. The Morgan fingerprint density at radius 3 is 2.43 bits per heavy atom. The molecule has 0 spiro atoms. The summed E-state index contributed by atoms with van der Waals surface area (Å²) in [7, 11) is 0. The fraction of sp³-hybridized carbons (Fsp3) is 0.500. The lowest BCUT2D eigenvalue weighted by molar-refractivity contribution is -0.120. The van der Waals surface area contributed by atoms with Gasteiger partial charge in [-0.3, -0.25) is 10.1 Å².